The van der Waals surface area contributed by atoms with E-state index in [2.05, 4.69) is 4.98 Å². The number of hydrogen-bond donors (Lipinski definition) is 1. The number of pyridine rings is 1. The number of phenols is 1. The summed E-state index contributed by atoms with van der Waals surface area (Å²) in [4.78, 5) is 3.62. The highest BCUT2D eigenvalue weighted by Crippen LogP contribution is 2.29. The lowest BCUT2D eigenvalue weighted by Gasteiger charge is -2.04. The van der Waals surface area contributed by atoms with Crippen LogP contribution in [-0.4, -0.2) is 10.1 Å². The summed E-state index contributed by atoms with van der Waals surface area (Å²) in [6.45, 7) is 0. The van der Waals surface area contributed by atoms with Gasteiger partial charge < -0.3 is 5.11 Å². The predicted octanol–water partition coefficient (Wildman–Crippen LogP) is 2.73. The summed E-state index contributed by atoms with van der Waals surface area (Å²) in [6.07, 6.45) is 2.40. The van der Waals surface area contributed by atoms with Crippen molar-refractivity contribution in [2.45, 2.75) is 0 Å². The van der Waals surface area contributed by atoms with Crippen molar-refractivity contribution in [2.75, 3.05) is 0 Å². The molecule has 0 aliphatic carbocycles. The van der Waals surface area contributed by atoms with Crippen molar-refractivity contribution in [3.05, 3.63) is 48.3 Å². The second-order valence-electron chi connectivity index (χ2n) is 3.05. The first kappa shape index (κ1) is 9.58. The Balaban J connectivity index is 2.58. The maximum absolute atomic E-state index is 12.9. The van der Waals surface area contributed by atoms with E-state index in [4.69, 9.17) is 0 Å². The molecule has 1 N–H and O–H groups in total. The van der Waals surface area contributed by atoms with E-state index in [0.717, 1.165) is 18.3 Å². The van der Waals surface area contributed by atoms with Gasteiger partial charge in [-0.05, 0) is 24.3 Å². The van der Waals surface area contributed by atoms with E-state index in [9.17, 15) is 13.9 Å². The standard InChI is InChI=1S/C11H7F2NO/c12-8-1-2-11(15)10(4-8)7-3-9(13)6-14-5-7/h1-6,15H. The molecule has 0 atom stereocenters. The Labute approximate surface area is 84.8 Å². The van der Waals surface area contributed by atoms with E-state index >= 15 is 0 Å². The number of rotatable bonds is 1. The third-order valence-corrected chi connectivity index (χ3v) is 1.97. The molecule has 0 radical (unpaired) electrons. The van der Waals surface area contributed by atoms with Crippen LogP contribution in [0.5, 0.6) is 5.75 Å². The smallest absolute Gasteiger partial charge is 0.142 e. The van der Waals surface area contributed by atoms with Crippen molar-refractivity contribution in [3.8, 4) is 16.9 Å². The molecule has 0 aliphatic heterocycles. The lowest BCUT2D eigenvalue weighted by atomic mass is 10.1. The zero-order chi connectivity index (χ0) is 10.8. The summed E-state index contributed by atoms with van der Waals surface area (Å²) in [5.74, 6) is -1.13. The van der Waals surface area contributed by atoms with Crippen LogP contribution in [0.3, 0.4) is 0 Å². The van der Waals surface area contributed by atoms with E-state index in [1.807, 2.05) is 0 Å². The molecule has 0 amide bonds. The molecule has 15 heavy (non-hydrogen) atoms. The van der Waals surface area contributed by atoms with Crippen molar-refractivity contribution in [2.24, 2.45) is 0 Å². The average Bonchev–Trinajstić information content (AvgIpc) is 2.22. The first-order valence-corrected chi connectivity index (χ1v) is 4.26. The van der Waals surface area contributed by atoms with Crippen LogP contribution < -0.4 is 0 Å². The largest absolute Gasteiger partial charge is 0.507 e. The van der Waals surface area contributed by atoms with Crippen LogP contribution in [0.4, 0.5) is 8.78 Å². The summed E-state index contributed by atoms with van der Waals surface area (Å²) < 4.78 is 25.8. The number of aromatic nitrogens is 1. The molecule has 1 aromatic carbocycles. The number of aromatic hydroxyl groups is 1. The fourth-order valence-electron chi connectivity index (χ4n) is 1.30. The van der Waals surface area contributed by atoms with E-state index < -0.39 is 11.6 Å². The maximum atomic E-state index is 12.9. The summed E-state index contributed by atoms with van der Waals surface area (Å²) >= 11 is 0. The van der Waals surface area contributed by atoms with Gasteiger partial charge in [0, 0.05) is 17.3 Å². The van der Waals surface area contributed by atoms with Gasteiger partial charge in [0.15, 0.2) is 0 Å². The molecule has 0 saturated heterocycles. The summed E-state index contributed by atoms with van der Waals surface area (Å²) in [5, 5.41) is 9.46. The Kier molecular flexibility index (Phi) is 2.33. The molecular formula is C11H7F2NO. The highest BCUT2D eigenvalue weighted by atomic mass is 19.1. The minimum absolute atomic E-state index is 0.108. The molecule has 4 heteroatoms. The Morgan fingerprint density at radius 2 is 1.80 bits per heavy atom. The highest BCUT2D eigenvalue weighted by molar-refractivity contribution is 5.69. The topological polar surface area (TPSA) is 33.1 Å². The molecule has 2 rings (SSSR count). The van der Waals surface area contributed by atoms with Crippen molar-refractivity contribution < 1.29 is 13.9 Å². The van der Waals surface area contributed by atoms with Gasteiger partial charge in [0.25, 0.3) is 0 Å². The number of phenolic OH excluding ortho intramolecular Hbond substituents is 1. The van der Waals surface area contributed by atoms with E-state index in [-0.39, 0.29) is 11.3 Å². The van der Waals surface area contributed by atoms with Crippen LogP contribution in [0.15, 0.2) is 36.7 Å². The van der Waals surface area contributed by atoms with Crippen molar-refractivity contribution in [3.63, 3.8) is 0 Å². The minimum Gasteiger partial charge on any atom is -0.507 e. The quantitative estimate of drug-likeness (QED) is 0.779. The van der Waals surface area contributed by atoms with Gasteiger partial charge in [-0.15, -0.1) is 0 Å². The van der Waals surface area contributed by atoms with Crippen molar-refractivity contribution in [1.29, 1.82) is 0 Å². The number of hydrogen-bond acceptors (Lipinski definition) is 2. The molecule has 0 fully saturated rings. The molecule has 0 unspecified atom stereocenters. The van der Waals surface area contributed by atoms with E-state index in [0.29, 0.717) is 5.56 Å². The second kappa shape index (κ2) is 3.65. The first-order valence-electron chi connectivity index (χ1n) is 4.26. The zero-order valence-corrected chi connectivity index (χ0v) is 7.61. The van der Waals surface area contributed by atoms with Gasteiger partial charge in [0.05, 0.1) is 6.20 Å². The zero-order valence-electron chi connectivity index (χ0n) is 7.61. The summed E-state index contributed by atoms with van der Waals surface area (Å²) in [6, 6.07) is 4.66. The van der Waals surface area contributed by atoms with Crippen LogP contribution in [0, 0.1) is 11.6 Å². The lowest BCUT2D eigenvalue weighted by Crippen LogP contribution is -1.85. The van der Waals surface area contributed by atoms with Crippen molar-refractivity contribution in [1.82, 2.24) is 4.98 Å². The van der Waals surface area contributed by atoms with Crippen LogP contribution in [0.1, 0.15) is 0 Å². The van der Waals surface area contributed by atoms with Crippen molar-refractivity contribution >= 4 is 0 Å². The fraction of sp³-hybridized carbons (Fsp3) is 0. The molecule has 0 bridgehead atoms. The van der Waals surface area contributed by atoms with Gasteiger partial charge in [-0.3, -0.25) is 4.98 Å². The maximum Gasteiger partial charge on any atom is 0.142 e. The number of nitrogens with zero attached hydrogens (tertiary/aromatic N) is 1. The van der Waals surface area contributed by atoms with Gasteiger partial charge in [0.2, 0.25) is 0 Å². The Bertz CT molecular complexity index is 500. The van der Waals surface area contributed by atoms with E-state index in [1.165, 1.54) is 18.3 Å². The molecular weight excluding hydrogens is 200 g/mol. The van der Waals surface area contributed by atoms with E-state index in [1.54, 1.807) is 0 Å². The fourth-order valence-corrected chi connectivity index (χ4v) is 1.30. The highest BCUT2D eigenvalue weighted by Gasteiger charge is 2.06. The van der Waals surface area contributed by atoms with Crippen LogP contribution in [0.2, 0.25) is 0 Å². The third-order valence-electron chi connectivity index (χ3n) is 1.97. The van der Waals surface area contributed by atoms with Gasteiger partial charge in [-0.25, -0.2) is 8.78 Å². The number of halogens is 2. The normalized spacial score (nSPS) is 10.3. The van der Waals surface area contributed by atoms with Gasteiger partial charge in [0.1, 0.15) is 17.4 Å². The van der Waals surface area contributed by atoms with Gasteiger partial charge in [-0.2, -0.15) is 0 Å². The third kappa shape index (κ3) is 1.93. The van der Waals surface area contributed by atoms with Crippen LogP contribution >= 0.6 is 0 Å². The summed E-state index contributed by atoms with van der Waals surface area (Å²) in [5.41, 5.74) is 0.564. The average molecular weight is 207 g/mol. The molecule has 0 saturated carbocycles. The van der Waals surface area contributed by atoms with Crippen LogP contribution in [-0.2, 0) is 0 Å². The Hall–Kier alpha value is -1.97. The Morgan fingerprint density at radius 1 is 1.00 bits per heavy atom. The Morgan fingerprint density at radius 3 is 2.53 bits per heavy atom. The molecule has 76 valence electrons. The molecule has 0 aliphatic rings. The first-order chi connectivity index (χ1) is 7.16. The molecule has 1 heterocycles. The second-order valence-corrected chi connectivity index (χ2v) is 3.05. The molecule has 2 aromatic rings. The molecule has 2 nitrogen and oxygen atoms in total. The molecule has 0 spiro atoms. The van der Waals surface area contributed by atoms with Crippen LogP contribution in [0.25, 0.3) is 11.1 Å². The molecule has 1 aromatic heterocycles. The monoisotopic (exact) mass is 207 g/mol. The van der Waals surface area contributed by atoms with Gasteiger partial charge in [-0.1, -0.05) is 0 Å². The predicted molar refractivity (Wildman–Crippen MR) is 51.3 cm³/mol. The SMILES string of the molecule is Oc1ccc(F)cc1-c1cncc(F)c1. The number of benzene rings is 1. The van der Waals surface area contributed by atoms with Gasteiger partial charge >= 0.3 is 0 Å². The summed E-state index contributed by atoms with van der Waals surface area (Å²) in [7, 11) is 0. The lowest BCUT2D eigenvalue weighted by molar-refractivity contribution is 0.475. The minimum atomic E-state index is -0.531.